The molecule has 0 bridgehead atoms. The molecular weight excluding hydrogens is 496 g/mol. The summed E-state index contributed by atoms with van der Waals surface area (Å²) in [5.74, 6) is 0.792. The zero-order valence-corrected chi connectivity index (χ0v) is 27.3. The van der Waals surface area contributed by atoms with Crippen LogP contribution in [-0.2, 0) is 9.78 Å². The first-order chi connectivity index (χ1) is 19.8. The highest BCUT2D eigenvalue weighted by Crippen LogP contribution is 2.30. The third-order valence-electron chi connectivity index (χ3n) is 8.63. The predicted octanol–water partition coefficient (Wildman–Crippen LogP) is 12.9. The van der Waals surface area contributed by atoms with E-state index in [-0.39, 0.29) is 0 Å². The topological polar surface area (TPSA) is 58.9 Å². The molecule has 0 aromatic carbocycles. The van der Waals surface area contributed by atoms with Gasteiger partial charge in [0.1, 0.15) is 0 Å². The number of rotatable bonds is 34. The maximum Gasteiger partial charge on any atom is 0.0819 e. The van der Waals surface area contributed by atoms with E-state index in [2.05, 4.69) is 29.7 Å². The Morgan fingerprint density at radius 1 is 0.475 bits per heavy atom. The normalized spacial score (nSPS) is 12.8. The van der Waals surface area contributed by atoms with Gasteiger partial charge in [-0.2, -0.15) is 0 Å². The number of allylic oxidation sites excluding steroid dienone is 2. The Labute approximate surface area is 250 Å². The van der Waals surface area contributed by atoms with Crippen LogP contribution < -0.4 is 0 Å². The maximum atomic E-state index is 8.51. The van der Waals surface area contributed by atoms with E-state index < -0.39 is 0 Å². The number of hydrogen-bond donors (Lipinski definition) is 2. The molecule has 0 saturated carbocycles. The molecule has 0 aliphatic carbocycles. The molecule has 0 heterocycles. The molecule has 40 heavy (non-hydrogen) atoms. The summed E-state index contributed by atoms with van der Waals surface area (Å²) in [7, 11) is 0. The van der Waals surface area contributed by atoms with Crippen molar-refractivity contribution in [3.05, 3.63) is 11.6 Å². The minimum atomic E-state index is 0.475. The Kier molecular flexibility index (Phi) is 34.4. The van der Waals surface area contributed by atoms with E-state index in [0.717, 1.165) is 25.2 Å². The van der Waals surface area contributed by atoms with Gasteiger partial charge in [0.2, 0.25) is 0 Å². The first kappa shape index (κ1) is 39.6. The lowest BCUT2D eigenvalue weighted by Gasteiger charge is -2.22. The average Bonchev–Trinajstić information content (AvgIpc) is 2.96. The van der Waals surface area contributed by atoms with Crippen LogP contribution in [-0.4, -0.2) is 23.7 Å². The van der Waals surface area contributed by atoms with E-state index in [9.17, 15) is 0 Å². The van der Waals surface area contributed by atoms with E-state index in [4.69, 9.17) is 10.5 Å². The van der Waals surface area contributed by atoms with Crippen molar-refractivity contribution in [2.45, 2.75) is 200 Å². The number of unbranched alkanes of at least 4 members (excludes halogenated alkanes) is 22. The Morgan fingerprint density at radius 2 is 0.850 bits per heavy atom. The summed E-state index contributed by atoms with van der Waals surface area (Å²) in [6.07, 6.45) is 40.9. The van der Waals surface area contributed by atoms with Crippen LogP contribution in [0.2, 0.25) is 0 Å². The predicted molar refractivity (Wildman–Crippen MR) is 174 cm³/mol. The molecule has 1 atom stereocenters. The van der Waals surface area contributed by atoms with Gasteiger partial charge in [-0.05, 0) is 57.3 Å². The van der Waals surface area contributed by atoms with Gasteiger partial charge in [-0.15, -0.1) is 0 Å². The molecule has 4 nitrogen and oxygen atoms in total. The lowest BCUT2D eigenvalue weighted by molar-refractivity contribution is -0.242. The van der Waals surface area contributed by atoms with Crippen LogP contribution in [0.5, 0.6) is 0 Å². The van der Waals surface area contributed by atoms with Gasteiger partial charge < -0.3 is 0 Å². The smallest absolute Gasteiger partial charge is 0.0819 e. The van der Waals surface area contributed by atoms with E-state index >= 15 is 0 Å². The van der Waals surface area contributed by atoms with Crippen LogP contribution in [0.1, 0.15) is 200 Å². The van der Waals surface area contributed by atoms with E-state index in [0.29, 0.717) is 13.2 Å². The molecule has 0 aliphatic heterocycles. The fourth-order valence-corrected chi connectivity index (χ4v) is 6.02. The summed E-state index contributed by atoms with van der Waals surface area (Å²) in [6, 6.07) is 0. The molecule has 0 aromatic heterocycles. The molecule has 0 saturated heterocycles. The second-order valence-electron chi connectivity index (χ2n) is 12.4. The van der Waals surface area contributed by atoms with Crippen LogP contribution in [0.25, 0.3) is 0 Å². The zero-order valence-electron chi connectivity index (χ0n) is 27.3. The van der Waals surface area contributed by atoms with Crippen molar-refractivity contribution < 1.29 is 20.3 Å². The highest BCUT2D eigenvalue weighted by atomic mass is 17.1. The average molecular weight is 569 g/mol. The highest BCUT2D eigenvalue weighted by Gasteiger charge is 2.14. The van der Waals surface area contributed by atoms with E-state index in [1.165, 1.54) is 167 Å². The first-order valence-corrected chi connectivity index (χ1v) is 18.0. The van der Waals surface area contributed by atoms with Gasteiger partial charge >= 0.3 is 0 Å². The largest absolute Gasteiger partial charge is 0.252 e. The van der Waals surface area contributed by atoms with Crippen LogP contribution in [0, 0.1) is 5.92 Å². The lowest BCUT2D eigenvalue weighted by Crippen LogP contribution is -2.06. The van der Waals surface area contributed by atoms with Gasteiger partial charge in [-0.1, -0.05) is 160 Å². The standard InChI is InChI=1S/C36H72O4/c1-3-5-7-9-11-17-23-29-35(31-25-19-13-15-21-27-33-39-37)36(30-24-18-12-10-8-6-4-2)32-26-20-14-16-22-28-34-40-38/h29,36-38H,3-28,30-34H2,1-2H3/b35-29-. The maximum absolute atomic E-state index is 8.51. The molecule has 0 aromatic rings. The molecule has 0 rings (SSSR count). The zero-order chi connectivity index (χ0) is 29.2. The van der Waals surface area contributed by atoms with Crippen LogP contribution in [0.4, 0.5) is 0 Å². The van der Waals surface area contributed by atoms with Gasteiger partial charge in [0.15, 0.2) is 0 Å². The van der Waals surface area contributed by atoms with E-state index in [1.807, 2.05) is 0 Å². The van der Waals surface area contributed by atoms with Crippen molar-refractivity contribution in [2.75, 3.05) is 13.2 Å². The summed E-state index contributed by atoms with van der Waals surface area (Å²) < 4.78 is 0. The molecule has 0 fully saturated rings. The third-order valence-corrected chi connectivity index (χ3v) is 8.63. The number of hydrogen-bond acceptors (Lipinski definition) is 4. The lowest BCUT2D eigenvalue weighted by atomic mass is 9.84. The monoisotopic (exact) mass is 569 g/mol. The summed E-state index contributed by atoms with van der Waals surface area (Å²) in [4.78, 5) is 8.43. The van der Waals surface area contributed by atoms with Gasteiger partial charge in [0, 0.05) is 0 Å². The molecule has 4 heteroatoms. The Morgan fingerprint density at radius 3 is 1.30 bits per heavy atom. The second kappa shape index (κ2) is 34.8. The van der Waals surface area contributed by atoms with Crippen molar-refractivity contribution in [2.24, 2.45) is 5.92 Å². The molecule has 1 unspecified atom stereocenters. The van der Waals surface area contributed by atoms with Gasteiger partial charge in [-0.3, -0.25) is 10.5 Å². The highest BCUT2D eigenvalue weighted by molar-refractivity contribution is 5.07. The molecule has 2 N–H and O–H groups in total. The van der Waals surface area contributed by atoms with Gasteiger partial charge in [0.05, 0.1) is 13.2 Å². The van der Waals surface area contributed by atoms with E-state index in [1.54, 1.807) is 5.57 Å². The van der Waals surface area contributed by atoms with Crippen molar-refractivity contribution >= 4 is 0 Å². The molecule has 0 aliphatic rings. The van der Waals surface area contributed by atoms with Crippen LogP contribution >= 0.6 is 0 Å². The minimum Gasteiger partial charge on any atom is -0.252 e. The second-order valence-corrected chi connectivity index (χ2v) is 12.4. The van der Waals surface area contributed by atoms with Crippen molar-refractivity contribution in [1.29, 1.82) is 0 Å². The fraction of sp³-hybridized carbons (Fsp3) is 0.944. The van der Waals surface area contributed by atoms with Crippen molar-refractivity contribution in [1.82, 2.24) is 0 Å². The van der Waals surface area contributed by atoms with Crippen LogP contribution in [0.15, 0.2) is 11.6 Å². The quantitative estimate of drug-likeness (QED) is 0.0351. The Balaban J connectivity index is 4.83. The first-order valence-electron chi connectivity index (χ1n) is 18.0. The minimum absolute atomic E-state index is 0.475. The van der Waals surface area contributed by atoms with Gasteiger partial charge in [0.25, 0.3) is 0 Å². The SMILES string of the molecule is CCCCCCCC/C=C(/CCCCCCCCOO)C(CCCCCCCCC)CCCCCCCCOO. The van der Waals surface area contributed by atoms with Crippen molar-refractivity contribution in [3.8, 4) is 0 Å². The molecular formula is C36H72O4. The molecule has 240 valence electrons. The summed E-state index contributed by atoms with van der Waals surface area (Å²) in [5, 5.41) is 17.0. The molecule has 0 amide bonds. The summed E-state index contributed by atoms with van der Waals surface area (Å²) in [5.41, 5.74) is 1.80. The summed E-state index contributed by atoms with van der Waals surface area (Å²) >= 11 is 0. The van der Waals surface area contributed by atoms with Gasteiger partial charge in [-0.25, -0.2) is 9.78 Å². The Bertz CT molecular complexity index is 493. The third kappa shape index (κ3) is 29.1. The Hall–Kier alpha value is -0.420. The van der Waals surface area contributed by atoms with Crippen LogP contribution in [0.3, 0.4) is 0 Å². The molecule has 0 radical (unpaired) electrons. The molecule has 0 spiro atoms. The summed E-state index contributed by atoms with van der Waals surface area (Å²) in [6.45, 7) is 5.56. The van der Waals surface area contributed by atoms with Crippen molar-refractivity contribution in [3.63, 3.8) is 0 Å². The fourth-order valence-electron chi connectivity index (χ4n) is 6.02.